The molecule has 0 saturated carbocycles. The van der Waals surface area contributed by atoms with Gasteiger partial charge in [0.25, 0.3) is 0 Å². The van der Waals surface area contributed by atoms with Crippen molar-refractivity contribution in [3.8, 4) is 0 Å². The molecule has 19 heavy (non-hydrogen) atoms. The minimum atomic E-state index is -0.0441. The van der Waals surface area contributed by atoms with Gasteiger partial charge in [0.15, 0.2) is 5.82 Å². The average molecular weight is 275 g/mol. The molecule has 0 spiro atoms. The Kier molecular flexibility index (Phi) is 4.27. The summed E-state index contributed by atoms with van der Waals surface area (Å²) in [6.07, 6.45) is 0. The highest BCUT2D eigenvalue weighted by Gasteiger charge is 2.07. The van der Waals surface area contributed by atoms with Gasteiger partial charge in [0, 0.05) is 16.7 Å². The van der Waals surface area contributed by atoms with Gasteiger partial charge in [-0.05, 0) is 32.4 Å². The van der Waals surface area contributed by atoms with Crippen molar-refractivity contribution in [2.75, 3.05) is 11.1 Å². The fourth-order valence-electron chi connectivity index (χ4n) is 1.67. The van der Waals surface area contributed by atoms with Crippen LogP contribution in [0.25, 0.3) is 0 Å². The van der Waals surface area contributed by atoms with Crippen LogP contribution in [0.3, 0.4) is 0 Å². The SMILES string of the molecule is Cc1ccc(C)c(SCC(=O)Nc2cc(C)[nH]n2)c1. The monoisotopic (exact) mass is 275 g/mol. The van der Waals surface area contributed by atoms with Crippen LogP contribution in [0.1, 0.15) is 16.8 Å². The van der Waals surface area contributed by atoms with Crippen LogP contribution in [0.4, 0.5) is 5.82 Å². The van der Waals surface area contributed by atoms with Crippen molar-refractivity contribution >= 4 is 23.5 Å². The molecule has 0 aliphatic heterocycles. The smallest absolute Gasteiger partial charge is 0.235 e. The number of hydrogen-bond acceptors (Lipinski definition) is 3. The van der Waals surface area contributed by atoms with E-state index in [0.717, 1.165) is 10.6 Å². The van der Waals surface area contributed by atoms with Crippen LogP contribution in [0.2, 0.25) is 0 Å². The summed E-state index contributed by atoms with van der Waals surface area (Å²) in [4.78, 5) is 13.0. The highest BCUT2D eigenvalue weighted by Crippen LogP contribution is 2.23. The van der Waals surface area contributed by atoms with E-state index in [9.17, 15) is 4.79 Å². The maximum Gasteiger partial charge on any atom is 0.235 e. The lowest BCUT2D eigenvalue weighted by Gasteiger charge is -2.06. The Morgan fingerprint density at radius 1 is 1.32 bits per heavy atom. The molecule has 0 bridgehead atoms. The number of aromatic amines is 1. The molecule has 2 aromatic rings. The fourth-order valence-corrected chi connectivity index (χ4v) is 2.59. The molecule has 0 atom stereocenters. The number of nitrogens with zero attached hydrogens (tertiary/aromatic N) is 1. The van der Waals surface area contributed by atoms with Crippen molar-refractivity contribution in [3.05, 3.63) is 41.1 Å². The van der Waals surface area contributed by atoms with Crippen molar-refractivity contribution in [1.82, 2.24) is 10.2 Å². The first-order valence-electron chi connectivity index (χ1n) is 6.06. The summed E-state index contributed by atoms with van der Waals surface area (Å²) in [5.74, 6) is 0.914. The van der Waals surface area contributed by atoms with Gasteiger partial charge in [0.2, 0.25) is 5.91 Å². The Bertz CT molecular complexity index is 592. The molecular formula is C14H17N3OS. The lowest BCUT2D eigenvalue weighted by atomic mass is 10.2. The molecule has 5 heteroatoms. The topological polar surface area (TPSA) is 57.8 Å². The Balaban J connectivity index is 1.91. The summed E-state index contributed by atoms with van der Waals surface area (Å²) < 4.78 is 0. The second kappa shape index (κ2) is 5.93. The molecule has 4 nitrogen and oxygen atoms in total. The van der Waals surface area contributed by atoms with Gasteiger partial charge in [-0.15, -0.1) is 11.8 Å². The number of aromatic nitrogens is 2. The number of rotatable bonds is 4. The molecule has 1 heterocycles. The first kappa shape index (κ1) is 13.7. The zero-order valence-corrected chi connectivity index (χ0v) is 12.1. The van der Waals surface area contributed by atoms with Gasteiger partial charge in [-0.3, -0.25) is 9.89 Å². The zero-order chi connectivity index (χ0) is 13.8. The third-order valence-electron chi connectivity index (χ3n) is 2.68. The predicted octanol–water partition coefficient (Wildman–Crippen LogP) is 3.07. The van der Waals surface area contributed by atoms with Crippen LogP contribution in [0.5, 0.6) is 0 Å². The molecule has 0 aliphatic rings. The van der Waals surface area contributed by atoms with E-state index in [4.69, 9.17) is 0 Å². The van der Waals surface area contributed by atoms with E-state index in [1.165, 1.54) is 11.1 Å². The molecule has 1 aromatic heterocycles. The first-order valence-corrected chi connectivity index (χ1v) is 7.05. The van der Waals surface area contributed by atoms with Crippen LogP contribution >= 0.6 is 11.8 Å². The van der Waals surface area contributed by atoms with E-state index in [0.29, 0.717) is 11.6 Å². The van der Waals surface area contributed by atoms with Crippen LogP contribution < -0.4 is 5.32 Å². The quantitative estimate of drug-likeness (QED) is 0.843. The minimum absolute atomic E-state index is 0.0441. The van der Waals surface area contributed by atoms with Gasteiger partial charge in [0.05, 0.1) is 5.75 Å². The zero-order valence-electron chi connectivity index (χ0n) is 11.3. The lowest BCUT2D eigenvalue weighted by Crippen LogP contribution is -2.14. The van der Waals surface area contributed by atoms with E-state index < -0.39 is 0 Å². The third-order valence-corrected chi connectivity index (χ3v) is 3.83. The standard InChI is InChI=1S/C14H17N3OS/c1-9-4-5-10(2)12(6-9)19-8-14(18)15-13-7-11(3)16-17-13/h4-7H,8H2,1-3H3,(H2,15,16,17,18). The molecule has 0 unspecified atom stereocenters. The van der Waals surface area contributed by atoms with Gasteiger partial charge in [-0.25, -0.2) is 0 Å². The predicted molar refractivity (Wildman–Crippen MR) is 78.6 cm³/mol. The van der Waals surface area contributed by atoms with Crippen LogP contribution in [-0.2, 0) is 4.79 Å². The molecule has 1 aromatic carbocycles. The highest BCUT2D eigenvalue weighted by atomic mass is 32.2. The molecule has 1 amide bonds. The van der Waals surface area contributed by atoms with Gasteiger partial charge >= 0.3 is 0 Å². The number of H-pyrrole nitrogens is 1. The molecule has 0 aliphatic carbocycles. The average Bonchev–Trinajstić information content (AvgIpc) is 2.76. The van der Waals surface area contributed by atoms with E-state index in [1.54, 1.807) is 17.8 Å². The number of nitrogens with one attached hydrogen (secondary N) is 2. The number of anilines is 1. The summed E-state index contributed by atoms with van der Waals surface area (Å²) in [5, 5.41) is 9.53. The largest absolute Gasteiger partial charge is 0.308 e. The molecular weight excluding hydrogens is 258 g/mol. The number of benzene rings is 1. The molecule has 0 saturated heterocycles. The molecule has 2 N–H and O–H groups in total. The van der Waals surface area contributed by atoms with Gasteiger partial charge in [-0.2, -0.15) is 5.10 Å². The first-order chi connectivity index (χ1) is 9.04. The van der Waals surface area contributed by atoms with Gasteiger partial charge in [-0.1, -0.05) is 17.7 Å². The maximum atomic E-state index is 11.8. The Hall–Kier alpha value is -1.75. The minimum Gasteiger partial charge on any atom is -0.308 e. The summed E-state index contributed by atoms with van der Waals surface area (Å²) in [6.45, 7) is 6.00. The van der Waals surface area contributed by atoms with Crippen molar-refractivity contribution in [2.45, 2.75) is 25.7 Å². The lowest BCUT2D eigenvalue weighted by molar-refractivity contribution is -0.113. The molecule has 100 valence electrons. The second-order valence-electron chi connectivity index (χ2n) is 4.54. The van der Waals surface area contributed by atoms with Crippen LogP contribution in [-0.4, -0.2) is 21.9 Å². The van der Waals surface area contributed by atoms with E-state index in [-0.39, 0.29) is 5.91 Å². The summed E-state index contributed by atoms with van der Waals surface area (Å²) in [6, 6.07) is 8.06. The van der Waals surface area contributed by atoms with Gasteiger partial charge < -0.3 is 5.32 Å². The highest BCUT2D eigenvalue weighted by molar-refractivity contribution is 8.00. The molecule has 2 rings (SSSR count). The van der Waals surface area contributed by atoms with E-state index in [1.807, 2.05) is 6.92 Å². The Morgan fingerprint density at radius 2 is 2.11 bits per heavy atom. The van der Waals surface area contributed by atoms with Crippen LogP contribution in [0, 0.1) is 20.8 Å². The van der Waals surface area contributed by atoms with Gasteiger partial charge in [0.1, 0.15) is 0 Å². The maximum absolute atomic E-state index is 11.8. The number of thioether (sulfide) groups is 1. The number of amides is 1. The second-order valence-corrected chi connectivity index (χ2v) is 5.56. The van der Waals surface area contributed by atoms with Crippen molar-refractivity contribution in [3.63, 3.8) is 0 Å². The van der Waals surface area contributed by atoms with Crippen molar-refractivity contribution in [1.29, 1.82) is 0 Å². The third kappa shape index (κ3) is 3.86. The summed E-state index contributed by atoms with van der Waals surface area (Å²) >= 11 is 1.55. The fraction of sp³-hybridized carbons (Fsp3) is 0.286. The Morgan fingerprint density at radius 3 is 2.79 bits per heavy atom. The van der Waals surface area contributed by atoms with Crippen molar-refractivity contribution in [2.24, 2.45) is 0 Å². The van der Waals surface area contributed by atoms with Crippen molar-refractivity contribution < 1.29 is 4.79 Å². The number of hydrogen-bond donors (Lipinski definition) is 2. The number of carbonyl (C=O) groups excluding carboxylic acids is 1. The number of carbonyl (C=O) groups is 1. The number of aryl methyl sites for hydroxylation is 3. The van der Waals surface area contributed by atoms with Crippen LogP contribution in [0.15, 0.2) is 29.2 Å². The molecule has 0 fully saturated rings. The summed E-state index contributed by atoms with van der Waals surface area (Å²) in [5.41, 5.74) is 3.33. The normalized spacial score (nSPS) is 10.5. The van der Waals surface area contributed by atoms with E-state index >= 15 is 0 Å². The molecule has 0 radical (unpaired) electrons. The Labute approximate surface area is 117 Å². The van der Waals surface area contributed by atoms with E-state index in [2.05, 4.69) is 47.6 Å². The summed E-state index contributed by atoms with van der Waals surface area (Å²) in [7, 11) is 0.